The van der Waals surface area contributed by atoms with Crippen molar-refractivity contribution in [1.82, 2.24) is 0 Å². The van der Waals surface area contributed by atoms with Crippen molar-refractivity contribution in [3.8, 4) is 11.5 Å². The van der Waals surface area contributed by atoms with Crippen LogP contribution in [-0.4, -0.2) is 58.7 Å². The number of rotatable bonds is 7. The highest BCUT2D eigenvalue weighted by molar-refractivity contribution is 9.10. The van der Waals surface area contributed by atoms with Gasteiger partial charge in [-0.25, -0.2) is 0 Å². The van der Waals surface area contributed by atoms with Crippen molar-refractivity contribution in [2.75, 3.05) is 51.7 Å². The minimum atomic E-state index is -0.649. The number of nitrogens with zero attached hydrogens (tertiary/aromatic N) is 2. The van der Waals surface area contributed by atoms with E-state index in [2.05, 4.69) is 25.8 Å². The van der Waals surface area contributed by atoms with Crippen LogP contribution in [0.4, 0.5) is 5.69 Å². The number of carbonyl (C=O) groups excluding carboxylic acids is 1. The van der Waals surface area contributed by atoms with Gasteiger partial charge in [0.1, 0.15) is 12.6 Å². The summed E-state index contributed by atoms with van der Waals surface area (Å²) < 4.78 is 22.4. The van der Waals surface area contributed by atoms with Crippen molar-refractivity contribution in [2.45, 2.75) is 6.10 Å². The second-order valence-electron chi connectivity index (χ2n) is 6.98. The fourth-order valence-corrected chi connectivity index (χ4v) is 4.09. The molecule has 0 saturated carbocycles. The molecule has 30 heavy (non-hydrogen) atoms. The molecule has 0 radical (unpaired) electrons. The maximum Gasteiger partial charge on any atom is 0.231 e. The quantitative estimate of drug-likeness (QED) is 0.572. The lowest BCUT2D eigenvalue weighted by Gasteiger charge is -2.29. The van der Waals surface area contributed by atoms with Crippen LogP contribution in [0.25, 0.3) is 0 Å². The Hall–Kier alpha value is -2.42. The molecule has 4 rings (SSSR count). The Morgan fingerprint density at radius 3 is 2.73 bits per heavy atom. The standard InChI is InChI=1S/C22H23BrN2O5/c1-27-21(16-2-4-17(5-3-16)25-6-8-28-9-7-25)19(26)13-24-12-15-10-18(23)22-20(11-15)29-14-30-22/h2-5,10-12,21H,6-9,13-14H2,1H3. The number of anilines is 1. The van der Waals surface area contributed by atoms with E-state index >= 15 is 0 Å². The summed E-state index contributed by atoms with van der Waals surface area (Å²) in [6.07, 6.45) is 1.00. The van der Waals surface area contributed by atoms with Gasteiger partial charge in [0.2, 0.25) is 6.79 Å². The maximum atomic E-state index is 12.7. The van der Waals surface area contributed by atoms with E-state index in [4.69, 9.17) is 18.9 Å². The molecule has 2 aliphatic heterocycles. The molecule has 1 unspecified atom stereocenters. The van der Waals surface area contributed by atoms with Crippen molar-refractivity contribution >= 4 is 33.6 Å². The lowest BCUT2D eigenvalue weighted by atomic mass is 10.0. The number of hydrogen-bond acceptors (Lipinski definition) is 7. The zero-order valence-corrected chi connectivity index (χ0v) is 18.3. The fraction of sp³-hybridized carbons (Fsp3) is 0.364. The van der Waals surface area contributed by atoms with Crippen LogP contribution in [0.1, 0.15) is 17.2 Å². The molecular weight excluding hydrogens is 452 g/mol. The molecule has 0 aliphatic carbocycles. The molecule has 2 heterocycles. The molecule has 0 spiro atoms. The zero-order chi connectivity index (χ0) is 20.9. The van der Waals surface area contributed by atoms with Crippen molar-refractivity contribution in [1.29, 1.82) is 0 Å². The second-order valence-corrected chi connectivity index (χ2v) is 7.83. The Kier molecular flexibility index (Phi) is 6.66. The summed E-state index contributed by atoms with van der Waals surface area (Å²) in [5.41, 5.74) is 2.76. The summed E-state index contributed by atoms with van der Waals surface area (Å²) in [5.74, 6) is 1.24. The third-order valence-electron chi connectivity index (χ3n) is 5.04. The first-order valence-corrected chi connectivity index (χ1v) is 10.5. The summed E-state index contributed by atoms with van der Waals surface area (Å²) in [5, 5.41) is 0. The van der Waals surface area contributed by atoms with Crippen LogP contribution < -0.4 is 14.4 Å². The summed E-state index contributed by atoms with van der Waals surface area (Å²) in [6.45, 7) is 3.44. The predicted molar refractivity (Wildman–Crippen MR) is 117 cm³/mol. The lowest BCUT2D eigenvalue weighted by molar-refractivity contribution is -0.127. The van der Waals surface area contributed by atoms with Gasteiger partial charge in [-0.05, 0) is 51.3 Å². The van der Waals surface area contributed by atoms with Gasteiger partial charge < -0.3 is 23.8 Å². The van der Waals surface area contributed by atoms with E-state index in [9.17, 15) is 4.79 Å². The molecule has 1 fully saturated rings. The Labute approximate surface area is 183 Å². The normalized spacial score (nSPS) is 16.8. The van der Waals surface area contributed by atoms with Crippen LogP contribution in [0.3, 0.4) is 0 Å². The van der Waals surface area contributed by atoms with Gasteiger partial charge in [-0.1, -0.05) is 12.1 Å². The molecule has 1 saturated heterocycles. The smallest absolute Gasteiger partial charge is 0.231 e. The third kappa shape index (κ3) is 4.66. The van der Waals surface area contributed by atoms with Crippen LogP contribution in [0.15, 0.2) is 45.9 Å². The molecule has 2 aromatic rings. The number of aliphatic imine (C=N–C) groups is 1. The van der Waals surface area contributed by atoms with E-state index < -0.39 is 6.10 Å². The summed E-state index contributed by atoms with van der Waals surface area (Å²) in [6, 6.07) is 11.6. The molecule has 2 aliphatic rings. The molecular formula is C22H23BrN2O5. The van der Waals surface area contributed by atoms with Crippen molar-refractivity contribution < 1.29 is 23.7 Å². The average Bonchev–Trinajstić information content (AvgIpc) is 3.25. The molecule has 0 aromatic heterocycles. The first kappa shape index (κ1) is 20.8. The van der Waals surface area contributed by atoms with Gasteiger partial charge in [-0.3, -0.25) is 9.79 Å². The number of carbonyl (C=O) groups is 1. The number of benzene rings is 2. The molecule has 0 N–H and O–H groups in total. The largest absolute Gasteiger partial charge is 0.454 e. The summed E-state index contributed by atoms with van der Waals surface area (Å²) in [7, 11) is 1.54. The first-order valence-electron chi connectivity index (χ1n) is 9.73. The minimum Gasteiger partial charge on any atom is -0.454 e. The van der Waals surface area contributed by atoms with E-state index in [1.165, 1.54) is 7.11 Å². The highest BCUT2D eigenvalue weighted by atomic mass is 79.9. The number of hydrogen-bond donors (Lipinski definition) is 0. The highest BCUT2D eigenvalue weighted by Crippen LogP contribution is 2.39. The fourth-order valence-electron chi connectivity index (χ4n) is 3.52. The first-order chi connectivity index (χ1) is 14.7. The average molecular weight is 475 g/mol. The van der Waals surface area contributed by atoms with Gasteiger partial charge in [0.25, 0.3) is 0 Å². The van der Waals surface area contributed by atoms with E-state index in [0.29, 0.717) is 11.5 Å². The van der Waals surface area contributed by atoms with Crippen molar-refractivity contribution in [2.24, 2.45) is 4.99 Å². The van der Waals surface area contributed by atoms with Crippen LogP contribution in [0, 0.1) is 0 Å². The van der Waals surface area contributed by atoms with Crippen molar-refractivity contribution in [3.05, 3.63) is 52.0 Å². The predicted octanol–water partition coefficient (Wildman–Crippen LogP) is 3.39. The van der Waals surface area contributed by atoms with Gasteiger partial charge in [-0.15, -0.1) is 0 Å². The van der Waals surface area contributed by atoms with E-state index in [1.807, 2.05) is 36.4 Å². The molecule has 0 bridgehead atoms. The van der Waals surface area contributed by atoms with Gasteiger partial charge >= 0.3 is 0 Å². The third-order valence-corrected chi connectivity index (χ3v) is 5.63. The zero-order valence-electron chi connectivity index (χ0n) is 16.7. The number of morpholine rings is 1. The molecule has 1 atom stereocenters. The Morgan fingerprint density at radius 1 is 1.23 bits per heavy atom. The van der Waals surface area contributed by atoms with Crippen LogP contribution in [0.2, 0.25) is 0 Å². The molecule has 0 amide bonds. The summed E-state index contributed by atoms with van der Waals surface area (Å²) in [4.78, 5) is 19.3. The Morgan fingerprint density at radius 2 is 2.00 bits per heavy atom. The summed E-state index contributed by atoms with van der Waals surface area (Å²) >= 11 is 3.45. The van der Waals surface area contributed by atoms with E-state index in [1.54, 1.807) is 6.21 Å². The number of methoxy groups -OCH3 is 1. The van der Waals surface area contributed by atoms with Gasteiger partial charge in [0.05, 0.1) is 17.7 Å². The van der Waals surface area contributed by atoms with Gasteiger partial charge in [0.15, 0.2) is 17.3 Å². The number of ketones is 1. The number of halogens is 1. The molecule has 158 valence electrons. The minimum absolute atomic E-state index is 0.0236. The van der Waals surface area contributed by atoms with Crippen molar-refractivity contribution in [3.63, 3.8) is 0 Å². The topological polar surface area (TPSA) is 69.6 Å². The second kappa shape index (κ2) is 9.59. The van der Waals surface area contributed by atoms with Crippen LogP contribution in [-0.2, 0) is 14.3 Å². The monoisotopic (exact) mass is 474 g/mol. The molecule has 2 aromatic carbocycles. The highest BCUT2D eigenvalue weighted by Gasteiger charge is 2.21. The van der Waals surface area contributed by atoms with Crippen LogP contribution >= 0.6 is 15.9 Å². The Balaban J connectivity index is 1.39. The number of Topliss-reactive ketones (excluding diaryl/α,β-unsaturated/α-hetero) is 1. The van der Waals surface area contributed by atoms with Gasteiger partial charge in [0, 0.05) is 32.1 Å². The maximum absolute atomic E-state index is 12.7. The van der Waals surface area contributed by atoms with E-state index in [-0.39, 0.29) is 19.1 Å². The molecule has 8 heteroatoms. The number of fused-ring (bicyclic) bond motifs is 1. The lowest BCUT2D eigenvalue weighted by Crippen LogP contribution is -2.36. The van der Waals surface area contributed by atoms with Crippen LogP contribution in [0.5, 0.6) is 11.5 Å². The SMILES string of the molecule is COC(C(=O)CN=Cc1cc(Br)c2c(c1)OCO2)c1ccc(N2CCOCC2)cc1. The number of ether oxygens (including phenoxy) is 4. The Bertz CT molecular complexity index is 926. The van der Waals surface area contributed by atoms with Gasteiger partial charge in [-0.2, -0.15) is 0 Å². The molecule has 7 nitrogen and oxygen atoms in total. The van der Waals surface area contributed by atoms with E-state index in [0.717, 1.165) is 47.6 Å².